The van der Waals surface area contributed by atoms with Gasteiger partial charge in [-0.1, -0.05) is 0 Å². The van der Waals surface area contributed by atoms with Crippen molar-refractivity contribution in [2.24, 2.45) is 11.8 Å². The molecule has 1 aliphatic heterocycles. The van der Waals surface area contributed by atoms with Gasteiger partial charge in [-0.2, -0.15) is 13.2 Å². The monoisotopic (exact) mass is 369 g/mol. The molecule has 0 aliphatic carbocycles. The number of nitrogens with zero attached hydrogens (tertiary/aromatic N) is 3. The SMILES string of the molecule is Cc1ccn2c(=O)c(C(=O)N3C[C@@H](C(F)(F)F)[C@H](C(=O)O)C3)cnc2c1. The fraction of sp³-hybridized carbons (Fsp3) is 0.375. The molecule has 1 amide bonds. The predicted molar refractivity (Wildman–Crippen MR) is 82.8 cm³/mol. The van der Waals surface area contributed by atoms with E-state index in [0.717, 1.165) is 21.1 Å². The smallest absolute Gasteiger partial charge is 0.394 e. The molecule has 0 bridgehead atoms. The molecule has 0 unspecified atom stereocenters. The molecule has 7 nitrogen and oxygen atoms in total. The Hall–Kier alpha value is -2.91. The number of carbonyl (C=O) groups is 2. The van der Waals surface area contributed by atoms with Crippen molar-refractivity contribution in [1.82, 2.24) is 14.3 Å². The lowest BCUT2D eigenvalue weighted by Crippen LogP contribution is -2.36. The van der Waals surface area contributed by atoms with Gasteiger partial charge < -0.3 is 10.0 Å². The van der Waals surface area contributed by atoms with E-state index >= 15 is 0 Å². The summed E-state index contributed by atoms with van der Waals surface area (Å²) in [5.41, 5.74) is 0.0121. The first-order chi connectivity index (χ1) is 12.1. The Balaban J connectivity index is 1.96. The average molecular weight is 369 g/mol. The van der Waals surface area contributed by atoms with E-state index in [1.54, 1.807) is 19.1 Å². The number of aliphatic carboxylic acids is 1. The van der Waals surface area contributed by atoms with Crippen molar-refractivity contribution in [3.63, 3.8) is 0 Å². The normalized spacial score (nSPS) is 20.5. The Kier molecular flexibility index (Phi) is 4.21. The maximum Gasteiger partial charge on any atom is 0.394 e. The van der Waals surface area contributed by atoms with Crippen LogP contribution in [0.3, 0.4) is 0 Å². The lowest BCUT2D eigenvalue weighted by molar-refractivity contribution is -0.187. The molecule has 3 rings (SSSR count). The van der Waals surface area contributed by atoms with E-state index in [9.17, 15) is 27.6 Å². The summed E-state index contributed by atoms with van der Waals surface area (Å²) in [5.74, 6) is -6.54. The zero-order valence-electron chi connectivity index (χ0n) is 13.5. The van der Waals surface area contributed by atoms with Crippen LogP contribution in [0.25, 0.3) is 5.65 Å². The second kappa shape index (κ2) is 6.11. The zero-order chi connectivity index (χ0) is 19.2. The molecule has 2 atom stereocenters. The van der Waals surface area contributed by atoms with Gasteiger partial charge in [-0.3, -0.25) is 18.8 Å². The van der Waals surface area contributed by atoms with Gasteiger partial charge in [0.1, 0.15) is 11.2 Å². The minimum absolute atomic E-state index is 0.296. The third kappa shape index (κ3) is 3.02. The Morgan fingerprint density at radius 2 is 2.00 bits per heavy atom. The maximum atomic E-state index is 13.1. The lowest BCUT2D eigenvalue weighted by Gasteiger charge is -2.18. The van der Waals surface area contributed by atoms with Crippen LogP contribution in [0.5, 0.6) is 0 Å². The summed E-state index contributed by atoms with van der Waals surface area (Å²) in [4.78, 5) is 40.9. The van der Waals surface area contributed by atoms with Gasteiger partial charge in [0.25, 0.3) is 11.5 Å². The third-order valence-corrected chi connectivity index (χ3v) is 4.44. The molecular weight excluding hydrogens is 355 g/mol. The molecule has 0 saturated carbocycles. The highest BCUT2D eigenvalue weighted by molar-refractivity contribution is 5.94. The molecule has 138 valence electrons. The van der Waals surface area contributed by atoms with E-state index < -0.39 is 54.1 Å². The van der Waals surface area contributed by atoms with E-state index in [0.29, 0.717) is 5.65 Å². The van der Waals surface area contributed by atoms with Gasteiger partial charge in [-0.05, 0) is 24.6 Å². The molecule has 1 fully saturated rings. The first-order valence-corrected chi connectivity index (χ1v) is 7.66. The minimum atomic E-state index is -4.76. The summed E-state index contributed by atoms with van der Waals surface area (Å²) >= 11 is 0. The molecular formula is C16H14F3N3O4. The van der Waals surface area contributed by atoms with E-state index in [1.165, 1.54) is 6.20 Å². The molecule has 2 aromatic rings. The van der Waals surface area contributed by atoms with E-state index in [4.69, 9.17) is 5.11 Å². The van der Waals surface area contributed by atoms with Crippen LogP contribution in [-0.2, 0) is 4.79 Å². The number of likely N-dealkylation sites (tertiary alicyclic amines) is 1. The molecule has 1 N–H and O–H groups in total. The number of carboxylic acids is 1. The van der Waals surface area contributed by atoms with Crippen molar-refractivity contribution in [2.45, 2.75) is 13.1 Å². The number of hydrogen-bond acceptors (Lipinski definition) is 4. The first-order valence-electron chi connectivity index (χ1n) is 7.66. The van der Waals surface area contributed by atoms with Crippen LogP contribution in [0.4, 0.5) is 13.2 Å². The van der Waals surface area contributed by atoms with E-state index in [2.05, 4.69) is 4.98 Å². The van der Waals surface area contributed by atoms with Gasteiger partial charge in [-0.25, -0.2) is 4.98 Å². The Bertz CT molecular complexity index is 954. The zero-order valence-corrected chi connectivity index (χ0v) is 13.5. The predicted octanol–water partition coefficient (Wildman–Crippen LogP) is 1.34. The average Bonchev–Trinajstić information content (AvgIpc) is 3.00. The highest BCUT2D eigenvalue weighted by Crippen LogP contribution is 2.38. The number of fused-ring (bicyclic) bond motifs is 1. The van der Waals surface area contributed by atoms with Crippen LogP contribution in [0.15, 0.2) is 29.3 Å². The standard InChI is InChI=1S/C16H14F3N3O4/c1-8-2-3-22-12(4-8)20-5-9(14(22)24)13(23)21-6-10(15(25)26)11(7-21)16(17,18)19/h2-5,10-11H,6-7H2,1H3,(H,25,26)/t10-,11-/m1/s1. The van der Waals surface area contributed by atoms with Gasteiger partial charge in [0.2, 0.25) is 0 Å². The molecule has 3 heterocycles. The molecule has 0 spiro atoms. The van der Waals surface area contributed by atoms with E-state index in [1.807, 2.05) is 0 Å². The summed E-state index contributed by atoms with van der Waals surface area (Å²) in [6, 6.07) is 3.24. The number of aromatic nitrogens is 2. The van der Waals surface area contributed by atoms with Crippen molar-refractivity contribution < 1.29 is 27.9 Å². The molecule has 0 aromatic carbocycles. The van der Waals surface area contributed by atoms with Crippen LogP contribution in [0.1, 0.15) is 15.9 Å². The quantitative estimate of drug-likeness (QED) is 0.863. The minimum Gasteiger partial charge on any atom is -0.481 e. The van der Waals surface area contributed by atoms with Gasteiger partial charge in [-0.15, -0.1) is 0 Å². The number of carbonyl (C=O) groups excluding carboxylic acids is 1. The Morgan fingerprint density at radius 3 is 2.58 bits per heavy atom. The van der Waals surface area contributed by atoms with Crippen molar-refractivity contribution in [3.8, 4) is 0 Å². The number of rotatable bonds is 2. The second-order valence-electron chi connectivity index (χ2n) is 6.21. The molecule has 2 aromatic heterocycles. The van der Waals surface area contributed by atoms with Crippen LogP contribution >= 0.6 is 0 Å². The van der Waals surface area contributed by atoms with Crippen molar-refractivity contribution in [3.05, 3.63) is 46.0 Å². The van der Waals surface area contributed by atoms with Gasteiger partial charge in [0.05, 0.1) is 11.8 Å². The molecule has 26 heavy (non-hydrogen) atoms. The molecule has 1 aliphatic rings. The second-order valence-corrected chi connectivity index (χ2v) is 6.21. The van der Waals surface area contributed by atoms with Crippen molar-refractivity contribution in [1.29, 1.82) is 0 Å². The number of pyridine rings is 1. The van der Waals surface area contributed by atoms with Gasteiger partial charge >= 0.3 is 12.1 Å². The van der Waals surface area contributed by atoms with Gasteiger partial charge in [0, 0.05) is 25.5 Å². The Morgan fingerprint density at radius 1 is 1.31 bits per heavy atom. The van der Waals surface area contributed by atoms with Crippen LogP contribution in [0, 0.1) is 18.8 Å². The highest BCUT2D eigenvalue weighted by Gasteiger charge is 2.53. The fourth-order valence-corrected chi connectivity index (χ4v) is 3.05. The molecule has 0 radical (unpaired) electrons. The third-order valence-electron chi connectivity index (χ3n) is 4.44. The van der Waals surface area contributed by atoms with Crippen molar-refractivity contribution >= 4 is 17.5 Å². The summed E-state index contributed by atoms with van der Waals surface area (Å²) in [6.45, 7) is 0.364. The lowest BCUT2D eigenvalue weighted by atomic mass is 9.96. The number of hydrogen-bond donors (Lipinski definition) is 1. The van der Waals surface area contributed by atoms with Crippen LogP contribution in [0.2, 0.25) is 0 Å². The summed E-state index contributed by atoms with van der Waals surface area (Å²) < 4.78 is 40.3. The summed E-state index contributed by atoms with van der Waals surface area (Å²) in [5, 5.41) is 9.02. The maximum absolute atomic E-state index is 13.1. The first kappa shape index (κ1) is 17.9. The number of halogens is 3. The molecule has 1 saturated heterocycles. The Labute approximate surface area is 144 Å². The summed E-state index contributed by atoms with van der Waals surface area (Å²) in [6.07, 6.45) is -2.33. The van der Waals surface area contributed by atoms with Crippen LogP contribution < -0.4 is 5.56 Å². The van der Waals surface area contributed by atoms with Gasteiger partial charge in [0.15, 0.2) is 0 Å². The van der Waals surface area contributed by atoms with Crippen LogP contribution in [-0.4, -0.2) is 50.5 Å². The fourth-order valence-electron chi connectivity index (χ4n) is 3.05. The topological polar surface area (TPSA) is 92.0 Å². The van der Waals surface area contributed by atoms with E-state index in [-0.39, 0.29) is 0 Å². The number of carboxylic acid groups (broad SMARTS) is 1. The highest BCUT2D eigenvalue weighted by atomic mass is 19.4. The number of alkyl halides is 3. The van der Waals surface area contributed by atoms with Crippen molar-refractivity contribution in [2.75, 3.05) is 13.1 Å². The number of amides is 1. The summed E-state index contributed by atoms with van der Waals surface area (Å²) in [7, 11) is 0. The largest absolute Gasteiger partial charge is 0.481 e. The number of aryl methyl sites for hydroxylation is 1. The molecule has 10 heteroatoms.